The highest BCUT2D eigenvalue weighted by Crippen LogP contribution is 1.97. The van der Waals surface area contributed by atoms with Crippen LogP contribution in [0.4, 0.5) is 4.79 Å². The first-order chi connectivity index (χ1) is 21.6. The number of esters is 1. The fourth-order valence-electron chi connectivity index (χ4n) is 0.0833. The Morgan fingerprint density at radius 3 is 0.776 bits per heavy atom. The van der Waals surface area contributed by atoms with Crippen molar-refractivity contribution in [2.45, 2.75) is 136 Å². The number of nitrogens with zero attached hydrogens (tertiary/aromatic N) is 3. The highest BCUT2D eigenvalue weighted by Gasteiger charge is 1.95. The summed E-state index contributed by atoms with van der Waals surface area (Å²) in [5, 5.41) is 8.06. The molecule has 0 aliphatic carbocycles. The minimum Gasteiger partial charge on any atom is -0.469 e. The van der Waals surface area contributed by atoms with Gasteiger partial charge in [-0.15, -0.1) is 0 Å². The van der Waals surface area contributed by atoms with E-state index in [2.05, 4.69) is 67.7 Å². The van der Waals surface area contributed by atoms with E-state index in [4.69, 9.17) is 10.8 Å². The number of allylic oxidation sites excluding steroid dienone is 2. The second kappa shape index (κ2) is 54.6. The fourth-order valence-corrected chi connectivity index (χ4v) is 0.0833. The molecule has 0 aromatic carbocycles. The van der Waals surface area contributed by atoms with Crippen LogP contribution in [0.1, 0.15) is 125 Å². The Bertz CT molecular complexity index is 708. The van der Waals surface area contributed by atoms with Gasteiger partial charge in [0.1, 0.15) is 5.78 Å². The van der Waals surface area contributed by atoms with Crippen molar-refractivity contribution in [3.05, 3.63) is 11.1 Å². The van der Waals surface area contributed by atoms with Gasteiger partial charge in [0.05, 0.1) is 21.3 Å². The number of hydrogen-bond donors (Lipinski definition) is 2. The number of ketones is 1. The molecule has 0 radical (unpaired) electrons. The molecule has 0 atom stereocenters. The zero-order chi connectivity index (χ0) is 42.7. The molecule has 49 heavy (non-hydrogen) atoms. The van der Waals surface area contributed by atoms with E-state index < -0.39 is 6.16 Å². The molecule has 0 fully saturated rings. The lowest BCUT2D eigenvalue weighted by Gasteiger charge is -2.06. The largest absolute Gasteiger partial charge is 0.507 e. The average molecular weight is 715 g/mol. The number of amides is 1. The molecule has 0 aromatic rings. The second-order valence-electron chi connectivity index (χ2n) is 13.4. The number of ether oxygens (including phenoxy) is 3. The Balaban J connectivity index is -0.0000000433. The summed E-state index contributed by atoms with van der Waals surface area (Å²) in [7, 11) is 15.1. The molecule has 3 N–H and O–H groups in total. The second-order valence-corrected chi connectivity index (χ2v) is 13.4. The molecule has 12 heteroatoms. The Morgan fingerprint density at radius 2 is 0.776 bits per heavy atom. The normalized spacial score (nSPS) is 8.16. The molecule has 0 rings (SSSR count). The SMILES string of the molecule is CC(=O)N(C)C.CC(C)(C)N.CC(C)=C(C)C.CC(C)=O.CC(C)C.CC(C)O.CN(C)C.CN=C(C)C.COC(=O)OC.COC(C)=O. The molecule has 0 aromatic heterocycles. The molecule has 1 amide bonds. The van der Waals surface area contributed by atoms with E-state index in [0.29, 0.717) is 0 Å². The average Bonchev–Trinajstić information content (AvgIpc) is 2.87. The minimum atomic E-state index is -0.657. The molecule has 302 valence electrons. The van der Waals surface area contributed by atoms with Gasteiger partial charge in [-0.25, -0.2) is 4.79 Å². The topological polar surface area (TPSA) is 161 Å². The van der Waals surface area contributed by atoms with E-state index >= 15 is 0 Å². The molecule has 0 spiro atoms. The summed E-state index contributed by atoms with van der Waals surface area (Å²) >= 11 is 0. The Hall–Kier alpha value is -2.83. The van der Waals surface area contributed by atoms with E-state index in [0.717, 1.165) is 11.6 Å². The summed E-state index contributed by atoms with van der Waals surface area (Å²) in [5.41, 5.74) is 9.34. The minimum absolute atomic E-state index is 0. The number of methoxy groups -OCH3 is 3. The van der Waals surface area contributed by atoms with Crippen molar-refractivity contribution in [1.82, 2.24) is 9.80 Å². The van der Waals surface area contributed by atoms with E-state index in [1.54, 1.807) is 35.0 Å². The zero-order valence-corrected chi connectivity index (χ0v) is 37.4. The fraction of sp³-hybridized carbons (Fsp3) is 0.811. The van der Waals surface area contributed by atoms with Crippen LogP contribution in [0.25, 0.3) is 0 Å². The van der Waals surface area contributed by atoms with Crippen molar-refractivity contribution in [3.8, 4) is 0 Å². The molecule has 0 aliphatic heterocycles. The van der Waals surface area contributed by atoms with Crippen LogP contribution in [0.2, 0.25) is 0 Å². The lowest BCUT2D eigenvalue weighted by molar-refractivity contribution is -0.138. The van der Waals surface area contributed by atoms with Gasteiger partial charge in [-0.05, 0) is 117 Å². The van der Waals surface area contributed by atoms with Gasteiger partial charge in [0.15, 0.2) is 0 Å². The number of aliphatic imine (C=N–C) groups is 1. The maximum atomic E-state index is 10.1. The molecule has 0 unspecified atom stereocenters. The number of aliphatic hydroxyl groups excluding tert-OH is 1. The summed E-state index contributed by atoms with van der Waals surface area (Å²) in [6.45, 7) is 34.2. The van der Waals surface area contributed by atoms with Crippen molar-refractivity contribution in [3.63, 3.8) is 0 Å². The predicted molar refractivity (Wildman–Crippen MR) is 214 cm³/mol. The smallest absolute Gasteiger partial charge is 0.469 e. The van der Waals surface area contributed by atoms with Crippen LogP contribution in [0.15, 0.2) is 16.1 Å². The first-order valence-corrected chi connectivity index (χ1v) is 16.0. The predicted octanol–water partition coefficient (Wildman–Crippen LogP) is 7.70. The van der Waals surface area contributed by atoms with Gasteiger partial charge in [0.25, 0.3) is 0 Å². The van der Waals surface area contributed by atoms with Gasteiger partial charge >= 0.3 is 12.1 Å². The summed E-state index contributed by atoms with van der Waals surface area (Å²) < 4.78 is 12.2. The molecule has 0 saturated carbocycles. The molecule has 0 aliphatic rings. The zero-order valence-electron chi connectivity index (χ0n) is 37.4. The highest BCUT2D eigenvalue weighted by atomic mass is 16.7. The summed E-state index contributed by atoms with van der Waals surface area (Å²) in [6, 6.07) is 0. The van der Waals surface area contributed by atoms with Crippen molar-refractivity contribution < 1.29 is 38.5 Å². The van der Waals surface area contributed by atoms with Gasteiger partial charge in [-0.2, -0.15) is 0 Å². The summed E-state index contributed by atoms with van der Waals surface area (Å²) in [6.07, 6.45) is -0.824. The Morgan fingerprint density at radius 1 is 0.653 bits per heavy atom. The van der Waals surface area contributed by atoms with Crippen LogP contribution in [0.5, 0.6) is 0 Å². The first kappa shape index (κ1) is 72.0. The number of carbonyl (C=O) groups excluding carboxylic acids is 4. The van der Waals surface area contributed by atoms with Crippen LogP contribution < -0.4 is 5.73 Å². The molecule has 12 nitrogen and oxygen atoms in total. The van der Waals surface area contributed by atoms with Gasteiger partial charge in [-0.1, -0.05) is 31.9 Å². The van der Waals surface area contributed by atoms with Crippen LogP contribution >= 0.6 is 0 Å². The Labute approximate surface area is 305 Å². The third-order valence-electron chi connectivity index (χ3n) is 2.70. The van der Waals surface area contributed by atoms with Gasteiger partial charge in [0.2, 0.25) is 5.91 Å². The third kappa shape index (κ3) is 485. The molecule has 0 saturated heterocycles. The van der Waals surface area contributed by atoms with Crippen molar-refractivity contribution >= 4 is 29.5 Å². The molecular formula is C37H86N4O8. The molecule has 0 bridgehead atoms. The number of aliphatic hydroxyl groups is 1. The Kier molecular flexibility index (Phi) is 80.3. The lowest BCUT2D eigenvalue weighted by atomic mass is 10.1. The van der Waals surface area contributed by atoms with Crippen molar-refractivity contribution in [1.29, 1.82) is 0 Å². The maximum absolute atomic E-state index is 10.1. The van der Waals surface area contributed by atoms with E-state index in [1.165, 1.54) is 65.1 Å². The third-order valence-corrected chi connectivity index (χ3v) is 2.70. The number of carbonyl (C=O) groups is 4. The van der Waals surface area contributed by atoms with Crippen molar-refractivity contribution in [2.75, 3.05) is 63.6 Å². The first-order valence-electron chi connectivity index (χ1n) is 16.0. The van der Waals surface area contributed by atoms with Crippen LogP contribution in [0, 0.1) is 5.92 Å². The van der Waals surface area contributed by atoms with Crippen LogP contribution in [-0.4, -0.2) is 120 Å². The molecule has 0 heterocycles. The van der Waals surface area contributed by atoms with Crippen LogP contribution in [-0.2, 0) is 28.6 Å². The van der Waals surface area contributed by atoms with E-state index in [1.807, 2.05) is 60.7 Å². The summed E-state index contributed by atoms with van der Waals surface area (Å²) in [4.78, 5) is 46.2. The van der Waals surface area contributed by atoms with Crippen molar-refractivity contribution in [2.24, 2.45) is 16.6 Å². The number of rotatable bonds is 0. The van der Waals surface area contributed by atoms with E-state index in [9.17, 15) is 19.2 Å². The number of Topliss-reactive ketones (excluding diaryl/α,β-unsaturated/α-hetero) is 1. The van der Waals surface area contributed by atoms with Gasteiger partial charge in [0, 0.05) is 52.3 Å². The van der Waals surface area contributed by atoms with E-state index in [-0.39, 0.29) is 29.3 Å². The highest BCUT2D eigenvalue weighted by molar-refractivity contribution is 5.78. The lowest BCUT2D eigenvalue weighted by Crippen LogP contribution is -2.26. The number of nitrogens with two attached hydrogens (primary N) is 1. The monoisotopic (exact) mass is 715 g/mol. The maximum Gasteiger partial charge on any atom is 0.507 e. The summed E-state index contributed by atoms with van der Waals surface area (Å²) in [5.74, 6) is 0.847. The molecular weight excluding hydrogens is 628 g/mol. The number of hydrogen-bond acceptors (Lipinski definition) is 11. The quantitative estimate of drug-likeness (QED) is 0.145. The van der Waals surface area contributed by atoms with Crippen LogP contribution in [0.3, 0.4) is 0 Å². The van der Waals surface area contributed by atoms with Gasteiger partial charge in [-0.3, -0.25) is 14.6 Å². The standard InChI is InChI=1S/C6H12.C4H9NO.C4H9N.C4H11N.C4H10.C3H9N.C3H6O3.C3H6O2.C3H8O.C3H6O/c1-5(2)6(3)4;1-4(6)5(2)3;1-4(2)5-3;1-4(2,3)5;2*1-4(2)3;1-5-3(4)6-2;1-3(4)5-2;2*1-3(2)4/h1-4H3;1-3H3;1-3H3;5H2,1-3H3;4H,1-3H3;1-3H3;1-2H3;1-2H3;3-4H,1-2H3;1-2H3. The van der Waals surface area contributed by atoms with Gasteiger partial charge < -0.3 is 39.6 Å².